The van der Waals surface area contributed by atoms with Gasteiger partial charge in [0.15, 0.2) is 0 Å². The first-order chi connectivity index (χ1) is 16.0. The van der Waals surface area contributed by atoms with Gasteiger partial charge in [0, 0.05) is 19.0 Å². The number of benzene rings is 2. The highest BCUT2D eigenvalue weighted by molar-refractivity contribution is 7.88. The van der Waals surface area contributed by atoms with Crippen LogP contribution in [0.3, 0.4) is 0 Å². The number of hydrogen-bond acceptors (Lipinski definition) is 4. The second-order valence-electron chi connectivity index (χ2n) is 9.59. The monoisotopic (exact) mass is 526 g/mol. The third-order valence-corrected chi connectivity index (χ3v) is 8.53. The van der Waals surface area contributed by atoms with Gasteiger partial charge in [-0.1, -0.05) is 62.2 Å². The summed E-state index contributed by atoms with van der Waals surface area (Å²) in [6.45, 7) is 7.89. The third kappa shape index (κ3) is 7.35. The molecule has 0 atom stereocenters. The maximum absolute atomic E-state index is 12.8. The minimum Gasteiger partial charge on any atom is -0.492 e. The van der Waals surface area contributed by atoms with Crippen LogP contribution in [0, 0.1) is 5.92 Å². The molecule has 34 heavy (non-hydrogen) atoms. The summed E-state index contributed by atoms with van der Waals surface area (Å²) in [6.07, 6.45) is 0.975. The van der Waals surface area contributed by atoms with Gasteiger partial charge in [-0.15, -0.1) is 0 Å². The van der Waals surface area contributed by atoms with Crippen molar-refractivity contribution >= 4 is 39.1 Å². The first-order valence-corrected chi connectivity index (χ1v) is 13.7. The summed E-state index contributed by atoms with van der Waals surface area (Å²) in [5, 5.41) is 3.62. The maximum Gasteiger partial charge on any atom is 0.223 e. The lowest BCUT2D eigenvalue weighted by Gasteiger charge is -2.30. The Morgan fingerprint density at radius 3 is 2.29 bits per heavy atom. The number of rotatable bonds is 8. The number of carbonyl (C=O) groups is 1. The van der Waals surface area contributed by atoms with E-state index in [4.69, 9.17) is 27.9 Å². The standard InChI is InChI=1S/C25H32Cl2N2O4S/c1-25(2,3)20-5-7-21(8-6-20)33-15-12-28-24(30)19-10-13-29(14-11-19)34(31,32)17-18-4-9-22(26)23(27)16-18/h4-9,16,19H,10-15,17H2,1-3H3,(H,28,30). The molecular weight excluding hydrogens is 495 g/mol. The highest BCUT2D eigenvalue weighted by Crippen LogP contribution is 2.26. The zero-order valence-electron chi connectivity index (χ0n) is 19.8. The van der Waals surface area contributed by atoms with Gasteiger partial charge in [0.2, 0.25) is 15.9 Å². The lowest BCUT2D eigenvalue weighted by molar-refractivity contribution is -0.126. The van der Waals surface area contributed by atoms with Crippen LogP contribution in [0.25, 0.3) is 0 Å². The molecule has 1 amide bonds. The van der Waals surface area contributed by atoms with Crippen molar-refractivity contribution in [1.82, 2.24) is 9.62 Å². The average molecular weight is 528 g/mol. The average Bonchev–Trinajstić information content (AvgIpc) is 2.78. The van der Waals surface area contributed by atoms with Crippen molar-refractivity contribution in [2.45, 2.75) is 44.8 Å². The fourth-order valence-corrected chi connectivity index (χ4v) is 5.74. The van der Waals surface area contributed by atoms with Crippen molar-refractivity contribution in [3.05, 3.63) is 63.6 Å². The molecule has 0 saturated carbocycles. The highest BCUT2D eigenvalue weighted by atomic mass is 35.5. The summed E-state index contributed by atoms with van der Waals surface area (Å²) < 4.78 is 32.7. The Morgan fingerprint density at radius 1 is 1.06 bits per heavy atom. The van der Waals surface area contributed by atoms with Crippen molar-refractivity contribution in [3.8, 4) is 5.75 Å². The maximum atomic E-state index is 12.8. The fraction of sp³-hybridized carbons (Fsp3) is 0.480. The molecule has 2 aromatic carbocycles. The van der Waals surface area contributed by atoms with Gasteiger partial charge in [-0.3, -0.25) is 4.79 Å². The number of carbonyl (C=O) groups excluding carboxylic acids is 1. The molecule has 186 valence electrons. The SMILES string of the molecule is CC(C)(C)c1ccc(OCCNC(=O)C2CCN(S(=O)(=O)Cc3ccc(Cl)c(Cl)c3)CC2)cc1. The Bertz CT molecular complexity index is 1090. The van der Waals surface area contributed by atoms with Gasteiger partial charge in [-0.25, -0.2) is 12.7 Å². The molecular formula is C25H32Cl2N2O4S. The van der Waals surface area contributed by atoms with Crippen molar-refractivity contribution in [3.63, 3.8) is 0 Å². The smallest absolute Gasteiger partial charge is 0.223 e. The molecule has 1 heterocycles. The molecule has 2 aromatic rings. The molecule has 9 heteroatoms. The predicted octanol–water partition coefficient (Wildman–Crippen LogP) is 5.03. The molecule has 0 spiro atoms. The van der Waals surface area contributed by atoms with E-state index in [9.17, 15) is 13.2 Å². The van der Waals surface area contributed by atoms with Gasteiger partial charge in [-0.05, 0) is 53.6 Å². The van der Waals surface area contributed by atoms with Crippen LogP contribution in [0.2, 0.25) is 10.0 Å². The number of sulfonamides is 1. The Hall–Kier alpha value is -1.80. The summed E-state index contributed by atoms with van der Waals surface area (Å²) in [4.78, 5) is 12.5. The summed E-state index contributed by atoms with van der Waals surface area (Å²) >= 11 is 11.9. The first-order valence-electron chi connectivity index (χ1n) is 11.4. The number of halogens is 2. The summed E-state index contributed by atoms with van der Waals surface area (Å²) in [5.74, 6) is 0.355. The predicted molar refractivity (Wildman–Crippen MR) is 137 cm³/mol. The second-order valence-corrected chi connectivity index (χ2v) is 12.4. The topological polar surface area (TPSA) is 75.7 Å². The largest absolute Gasteiger partial charge is 0.492 e. The summed E-state index contributed by atoms with van der Waals surface area (Å²) in [6, 6.07) is 12.8. The summed E-state index contributed by atoms with van der Waals surface area (Å²) in [7, 11) is -3.50. The number of nitrogens with zero attached hydrogens (tertiary/aromatic N) is 1. The van der Waals surface area contributed by atoms with E-state index in [1.165, 1.54) is 9.87 Å². The van der Waals surface area contributed by atoms with Crippen LogP contribution in [0.1, 0.15) is 44.7 Å². The van der Waals surface area contributed by atoms with Crippen molar-refractivity contribution in [2.24, 2.45) is 5.92 Å². The van der Waals surface area contributed by atoms with Crippen LogP contribution in [0.5, 0.6) is 5.75 Å². The van der Waals surface area contributed by atoms with E-state index in [0.717, 1.165) is 5.75 Å². The number of amides is 1. The van der Waals surface area contributed by atoms with E-state index in [2.05, 4.69) is 38.2 Å². The van der Waals surface area contributed by atoms with Gasteiger partial charge in [0.05, 0.1) is 22.3 Å². The van der Waals surface area contributed by atoms with E-state index >= 15 is 0 Å². The van der Waals surface area contributed by atoms with E-state index in [1.54, 1.807) is 18.2 Å². The minimum atomic E-state index is -3.50. The lowest BCUT2D eigenvalue weighted by Crippen LogP contribution is -2.43. The Labute approximate surface area is 212 Å². The normalized spacial score (nSPS) is 15.8. The van der Waals surface area contributed by atoms with Gasteiger partial charge in [-0.2, -0.15) is 0 Å². The van der Waals surface area contributed by atoms with Crippen LogP contribution < -0.4 is 10.1 Å². The number of hydrogen-bond donors (Lipinski definition) is 1. The van der Waals surface area contributed by atoms with E-state index < -0.39 is 10.0 Å². The second kappa shape index (κ2) is 11.3. The highest BCUT2D eigenvalue weighted by Gasteiger charge is 2.31. The van der Waals surface area contributed by atoms with Gasteiger partial charge >= 0.3 is 0 Å². The Balaban J connectivity index is 1.40. The molecule has 1 aliphatic heterocycles. The molecule has 1 fully saturated rings. The molecule has 1 aliphatic rings. The summed E-state index contributed by atoms with van der Waals surface area (Å²) in [5.41, 5.74) is 1.91. The number of piperidine rings is 1. The van der Waals surface area contributed by atoms with Crippen LogP contribution in [0.15, 0.2) is 42.5 Å². The minimum absolute atomic E-state index is 0.0618. The molecule has 0 radical (unpaired) electrons. The van der Waals surface area contributed by atoms with Gasteiger partial charge in [0.1, 0.15) is 12.4 Å². The molecule has 3 rings (SSSR count). The van der Waals surface area contributed by atoms with Crippen LogP contribution in [0.4, 0.5) is 0 Å². The van der Waals surface area contributed by atoms with E-state index in [0.29, 0.717) is 54.7 Å². The van der Waals surface area contributed by atoms with E-state index in [-0.39, 0.29) is 23.0 Å². The fourth-order valence-electron chi connectivity index (χ4n) is 3.87. The number of ether oxygens (including phenoxy) is 1. The quantitative estimate of drug-likeness (QED) is 0.489. The molecule has 1 N–H and O–H groups in total. The van der Waals surface area contributed by atoms with Crippen LogP contribution in [-0.4, -0.2) is 44.9 Å². The zero-order chi connectivity index (χ0) is 24.9. The lowest BCUT2D eigenvalue weighted by atomic mass is 9.87. The molecule has 6 nitrogen and oxygen atoms in total. The molecule has 0 aromatic heterocycles. The molecule has 0 aliphatic carbocycles. The van der Waals surface area contributed by atoms with Crippen LogP contribution in [-0.2, 0) is 26.0 Å². The van der Waals surface area contributed by atoms with Crippen molar-refractivity contribution < 1.29 is 17.9 Å². The number of nitrogens with one attached hydrogen (secondary N) is 1. The molecule has 0 unspecified atom stereocenters. The first kappa shape index (κ1) is 26.8. The Kier molecular flexibility index (Phi) is 8.90. The van der Waals surface area contributed by atoms with Gasteiger partial charge in [0.25, 0.3) is 0 Å². The van der Waals surface area contributed by atoms with Gasteiger partial charge < -0.3 is 10.1 Å². The van der Waals surface area contributed by atoms with E-state index in [1.807, 2.05) is 12.1 Å². The Morgan fingerprint density at radius 2 is 1.71 bits per heavy atom. The zero-order valence-corrected chi connectivity index (χ0v) is 22.1. The van der Waals surface area contributed by atoms with Crippen molar-refractivity contribution in [2.75, 3.05) is 26.2 Å². The third-order valence-electron chi connectivity index (χ3n) is 5.94. The van der Waals surface area contributed by atoms with Crippen LogP contribution >= 0.6 is 23.2 Å². The van der Waals surface area contributed by atoms with Crippen molar-refractivity contribution in [1.29, 1.82) is 0 Å². The molecule has 0 bridgehead atoms. The molecule has 1 saturated heterocycles.